The molecule has 7 aromatic carbocycles. The van der Waals surface area contributed by atoms with E-state index in [9.17, 15) is 0 Å². The Hall–Kier alpha value is -6.62. The van der Waals surface area contributed by atoms with Crippen molar-refractivity contribution in [2.45, 2.75) is 71.5 Å². The summed E-state index contributed by atoms with van der Waals surface area (Å²) in [6, 6.07) is 45.6. The zero-order valence-corrected chi connectivity index (χ0v) is 39.2. The zero-order chi connectivity index (χ0) is 44.4. The second-order valence-corrected chi connectivity index (χ2v) is 20.2. The van der Waals surface area contributed by atoms with Crippen LogP contribution >= 0.6 is 11.3 Å². The molecule has 4 unspecified atom stereocenters. The maximum Gasteiger partial charge on any atom is 0.287 e. The topological polar surface area (TPSA) is 9.26 Å². The number of hydrogen-bond donors (Lipinski definition) is 0. The van der Waals surface area contributed by atoms with Crippen molar-refractivity contribution in [1.29, 1.82) is 0 Å². The molecule has 0 amide bonds. The highest BCUT2D eigenvalue weighted by molar-refractivity contribution is 7.26. The zero-order valence-electron chi connectivity index (χ0n) is 38.4. The summed E-state index contributed by atoms with van der Waals surface area (Å²) < 4.78 is 8.02. The first-order chi connectivity index (χ1) is 31.6. The van der Waals surface area contributed by atoms with E-state index < -0.39 is 0 Å². The standard InChI is InChI=1S/C61H55N3S/c1-9-52-47-24-16-15-23-46(47)48-28-27-42-29-35(2)56-49-25-17-18-26-55(49)65-60(56)57(42)61-63(34-38(5)59(48)62(52)8)53-33-51-45-22-14-13-21-44(45)39(6)40(7)50(51)32-54(53)64(61)58-36(3)30-43(31-37(58)4)41-19-11-10-12-20-41/h9-26,29-33,48,53-54,59H,1,5,27-28,34H2,2-4,6-8H3/q+2. The number of hydrogen-bond acceptors (Lipinski definition) is 2. The summed E-state index contributed by atoms with van der Waals surface area (Å²) in [5, 5.41) is 8.11. The highest BCUT2D eigenvalue weighted by atomic mass is 32.1. The van der Waals surface area contributed by atoms with Crippen LogP contribution in [0, 0.1) is 34.6 Å². The van der Waals surface area contributed by atoms with E-state index in [-0.39, 0.29) is 24.0 Å². The molecule has 0 saturated carbocycles. The average Bonchev–Trinajstić information content (AvgIpc) is 3.85. The van der Waals surface area contributed by atoms with Crippen LogP contribution in [0.15, 0.2) is 146 Å². The molecule has 318 valence electrons. The number of allylic oxidation sites excluding steroid dienone is 1. The van der Waals surface area contributed by atoms with Crippen molar-refractivity contribution in [3.8, 4) is 11.1 Å². The monoisotopic (exact) mass is 861 g/mol. The van der Waals surface area contributed by atoms with Gasteiger partial charge in [0.05, 0.1) is 16.2 Å². The number of amidine groups is 1. The van der Waals surface area contributed by atoms with Crippen molar-refractivity contribution >= 4 is 71.7 Å². The van der Waals surface area contributed by atoms with E-state index in [0.29, 0.717) is 6.54 Å². The van der Waals surface area contributed by atoms with Crippen LogP contribution in [0.25, 0.3) is 54.2 Å². The molecule has 4 heteroatoms. The second-order valence-electron chi connectivity index (χ2n) is 19.1. The number of rotatable bonds is 3. The van der Waals surface area contributed by atoms with Crippen LogP contribution in [0.3, 0.4) is 0 Å². The van der Waals surface area contributed by atoms with Crippen molar-refractivity contribution in [3.05, 3.63) is 207 Å². The van der Waals surface area contributed by atoms with Gasteiger partial charge in [-0.3, -0.25) is 0 Å². The number of likely N-dealkylation sites (N-methyl/N-ethyl adjacent to an activating group) is 1. The van der Waals surface area contributed by atoms with Crippen LogP contribution in [0.2, 0.25) is 0 Å². The van der Waals surface area contributed by atoms with Gasteiger partial charge in [-0.05, 0) is 155 Å². The molecule has 0 radical (unpaired) electrons. The summed E-state index contributed by atoms with van der Waals surface area (Å²) >= 11 is 1.98. The molecule has 3 nitrogen and oxygen atoms in total. The minimum atomic E-state index is 0.0276. The second kappa shape index (κ2) is 15.0. The molecule has 4 atom stereocenters. The van der Waals surface area contributed by atoms with Crippen LogP contribution < -0.4 is 15.3 Å². The number of nitrogens with zero attached hydrogens (tertiary/aromatic N) is 3. The fraction of sp³-hybridized carbons (Fsp3) is 0.213. The largest absolute Gasteiger partial charge is 0.287 e. The normalized spacial score (nSPS) is 20.2. The number of fused-ring (bicyclic) bond motifs is 14. The molecular weight excluding hydrogens is 807 g/mol. The summed E-state index contributed by atoms with van der Waals surface area (Å²) in [5.41, 5.74) is 18.4. The Kier molecular flexibility index (Phi) is 9.20. The van der Waals surface area contributed by atoms with Gasteiger partial charge in [0.2, 0.25) is 5.71 Å². The van der Waals surface area contributed by atoms with E-state index in [1.165, 1.54) is 125 Å². The Balaban J connectivity index is 1.21. The molecule has 1 aromatic heterocycles. The summed E-state index contributed by atoms with van der Waals surface area (Å²) in [5.74, 6) is 1.57. The lowest BCUT2D eigenvalue weighted by atomic mass is 9.76. The van der Waals surface area contributed by atoms with Crippen molar-refractivity contribution in [2.24, 2.45) is 0 Å². The van der Waals surface area contributed by atoms with Gasteiger partial charge in [-0.15, -0.1) is 11.3 Å². The molecular formula is C61H55N3S+2. The lowest BCUT2D eigenvalue weighted by Crippen LogP contribution is -2.47. The van der Waals surface area contributed by atoms with Crippen molar-refractivity contribution in [2.75, 3.05) is 18.5 Å². The third-order valence-corrected chi connectivity index (χ3v) is 16.8. The smallest absolute Gasteiger partial charge is 0.246 e. The summed E-state index contributed by atoms with van der Waals surface area (Å²) in [6.07, 6.45) is 9.31. The van der Waals surface area contributed by atoms with E-state index in [1.54, 1.807) is 0 Å². The minimum Gasteiger partial charge on any atom is -0.246 e. The van der Waals surface area contributed by atoms with Gasteiger partial charge in [0.15, 0.2) is 18.1 Å². The Labute approximate surface area is 386 Å². The first kappa shape index (κ1) is 39.9. The predicted molar refractivity (Wildman–Crippen MR) is 277 cm³/mol. The van der Waals surface area contributed by atoms with Gasteiger partial charge in [-0.25, -0.2) is 14.1 Å². The van der Waals surface area contributed by atoms with Gasteiger partial charge in [0.1, 0.15) is 19.3 Å². The van der Waals surface area contributed by atoms with Crippen molar-refractivity contribution in [1.82, 2.24) is 0 Å². The third-order valence-electron chi connectivity index (χ3n) is 15.6. The van der Waals surface area contributed by atoms with Crippen LogP contribution in [-0.4, -0.2) is 52.4 Å². The van der Waals surface area contributed by atoms with Gasteiger partial charge in [-0.1, -0.05) is 110 Å². The average molecular weight is 862 g/mol. The highest BCUT2D eigenvalue weighted by Crippen LogP contribution is 2.46. The molecule has 0 spiro atoms. The summed E-state index contributed by atoms with van der Waals surface area (Å²) in [4.78, 5) is 2.79. The van der Waals surface area contributed by atoms with Crippen molar-refractivity contribution in [3.63, 3.8) is 0 Å². The lowest BCUT2D eigenvalue weighted by Gasteiger charge is -2.33. The first-order valence-electron chi connectivity index (χ1n) is 23.4. The van der Waals surface area contributed by atoms with Gasteiger partial charge in [0.25, 0.3) is 5.84 Å². The molecule has 1 aliphatic carbocycles. The van der Waals surface area contributed by atoms with Crippen LogP contribution in [0.1, 0.15) is 62.4 Å². The molecule has 4 heterocycles. The molecule has 0 bridgehead atoms. The van der Waals surface area contributed by atoms with E-state index in [4.69, 9.17) is 6.58 Å². The van der Waals surface area contributed by atoms with E-state index >= 15 is 0 Å². The van der Waals surface area contributed by atoms with E-state index in [1.807, 2.05) is 11.3 Å². The molecule has 0 fully saturated rings. The SMILES string of the molecule is C=CC1=[N+](C)C2C(=C)C[N+]3=C(c4c(cc(C)c5c4sc4ccccc45)CCC2c2ccccc21)N(c1c(C)cc(-c2ccccc2)cc1C)C1C=c2c(C)c(C)c4ccccc4c2=CC13. The van der Waals surface area contributed by atoms with Crippen LogP contribution in [0.5, 0.6) is 0 Å². The quantitative estimate of drug-likeness (QED) is 0.127. The van der Waals surface area contributed by atoms with Gasteiger partial charge in [0, 0.05) is 32.7 Å². The number of benzene rings is 7. The van der Waals surface area contributed by atoms with E-state index in [2.05, 4.69) is 202 Å². The summed E-state index contributed by atoms with van der Waals surface area (Å²) in [6.45, 7) is 21.9. The third kappa shape index (κ3) is 5.85. The first-order valence-corrected chi connectivity index (χ1v) is 24.2. The molecule has 8 aromatic rings. The molecule has 4 aliphatic rings. The molecule has 12 rings (SSSR count). The van der Waals surface area contributed by atoms with Crippen molar-refractivity contribution < 1.29 is 9.15 Å². The van der Waals surface area contributed by atoms with Crippen LogP contribution in [0.4, 0.5) is 5.69 Å². The highest BCUT2D eigenvalue weighted by Gasteiger charge is 2.52. The van der Waals surface area contributed by atoms with Gasteiger partial charge in [-0.2, -0.15) is 0 Å². The maximum atomic E-state index is 5.14. The number of thiophene rings is 1. The van der Waals surface area contributed by atoms with Gasteiger partial charge >= 0.3 is 0 Å². The molecule has 65 heavy (non-hydrogen) atoms. The summed E-state index contributed by atoms with van der Waals surface area (Å²) in [7, 11) is 2.28. The Bertz CT molecular complexity index is 3580. The minimum absolute atomic E-state index is 0.0276. The molecule has 3 aliphatic heterocycles. The fourth-order valence-corrected chi connectivity index (χ4v) is 14.0. The maximum absolute atomic E-state index is 5.14. The Morgan fingerprint density at radius 2 is 1.40 bits per heavy atom. The Morgan fingerprint density at radius 3 is 2.17 bits per heavy atom. The van der Waals surface area contributed by atoms with Crippen LogP contribution in [-0.2, 0) is 6.42 Å². The number of anilines is 1. The molecule has 0 N–H and O–H groups in total. The fourth-order valence-electron chi connectivity index (χ4n) is 12.7. The Morgan fingerprint density at radius 1 is 0.708 bits per heavy atom. The van der Waals surface area contributed by atoms with E-state index in [0.717, 1.165) is 12.8 Å². The lowest BCUT2D eigenvalue weighted by molar-refractivity contribution is -0.558. The predicted octanol–water partition coefficient (Wildman–Crippen LogP) is 12.0. The number of aryl methyl sites for hydroxylation is 5. The molecule has 0 saturated heterocycles. The van der Waals surface area contributed by atoms with Gasteiger partial charge < -0.3 is 0 Å².